The van der Waals surface area contributed by atoms with E-state index in [-0.39, 0.29) is 5.41 Å². The number of aliphatic hydroxyl groups is 1. The van der Waals surface area contributed by atoms with Crippen LogP contribution in [0.1, 0.15) is 32.4 Å². The van der Waals surface area contributed by atoms with E-state index in [9.17, 15) is 5.11 Å². The maximum Gasteiger partial charge on any atom is 0.125 e. The third kappa shape index (κ3) is 1.74. The predicted octanol–water partition coefficient (Wildman–Crippen LogP) is 2.71. The average Bonchev–Trinajstić information content (AvgIpc) is 2.64. The van der Waals surface area contributed by atoms with Gasteiger partial charge in [0.1, 0.15) is 5.60 Å². The fourth-order valence-electron chi connectivity index (χ4n) is 1.68. The molecular formula is C11H15NOS. The summed E-state index contributed by atoms with van der Waals surface area (Å²) in [4.78, 5) is 4.18. The van der Waals surface area contributed by atoms with Gasteiger partial charge in [-0.1, -0.05) is 26.0 Å². The highest BCUT2D eigenvalue weighted by atomic mass is 32.1. The molecule has 1 aliphatic rings. The quantitative estimate of drug-likeness (QED) is 0.721. The second kappa shape index (κ2) is 3.17. The summed E-state index contributed by atoms with van der Waals surface area (Å²) in [6.45, 7) is 4.37. The van der Waals surface area contributed by atoms with Crippen LogP contribution in [-0.2, 0) is 5.60 Å². The molecule has 0 saturated heterocycles. The lowest BCUT2D eigenvalue weighted by molar-refractivity contribution is 0.0545. The number of nitrogens with zero attached hydrogens (tertiary/aromatic N) is 1. The van der Waals surface area contributed by atoms with E-state index in [4.69, 9.17) is 0 Å². The van der Waals surface area contributed by atoms with Gasteiger partial charge >= 0.3 is 0 Å². The van der Waals surface area contributed by atoms with Gasteiger partial charge in [0, 0.05) is 5.38 Å². The van der Waals surface area contributed by atoms with Crippen LogP contribution in [0.15, 0.2) is 23.0 Å². The Morgan fingerprint density at radius 2 is 2.14 bits per heavy atom. The van der Waals surface area contributed by atoms with Gasteiger partial charge in [-0.05, 0) is 18.3 Å². The minimum Gasteiger partial charge on any atom is -0.379 e. The average molecular weight is 209 g/mol. The Labute approximate surface area is 88.3 Å². The van der Waals surface area contributed by atoms with Gasteiger partial charge in [-0.3, -0.25) is 0 Å². The summed E-state index contributed by atoms with van der Waals surface area (Å²) < 4.78 is 0. The lowest BCUT2D eigenvalue weighted by atomic mass is 9.76. The second-order valence-electron chi connectivity index (χ2n) is 4.62. The van der Waals surface area contributed by atoms with Crippen molar-refractivity contribution in [1.82, 2.24) is 4.98 Å². The lowest BCUT2D eigenvalue weighted by Crippen LogP contribution is -2.30. The summed E-state index contributed by atoms with van der Waals surface area (Å²) >= 11 is 1.53. The van der Waals surface area contributed by atoms with Gasteiger partial charge in [-0.2, -0.15) is 0 Å². The molecule has 0 radical (unpaired) electrons. The highest BCUT2D eigenvalue weighted by molar-refractivity contribution is 7.07. The van der Waals surface area contributed by atoms with Crippen molar-refractivity contribution in [3.8, 4) is 0 Å². The van der Waals surface area contributed by atoms with E-state index in [0.717, 1.165) is 18.5 Å². The third-order valence-electron chi connectivity index (χ3n) is 2.84. The molecule has 1 N–H and O–H groups in total. The largest absolute Gasteiger partial charge is 0.379 e. The van der Waals surface area contributed by atoms with Crippen LogP contribution in [0.3, 0.4) is 0 Å². The van der Waals surface area contributed by atoms with E-state index in [1.54, 1.807) is 5.51 Å². The fraction of sp³-hybridized carbons (Fsp3) is 0.545. The molecule has 1 unspecified atom stereocenters. The van der Waals surface area contributed by atoms with Crippen molar-refractivity contribution in [3.63, 3.8) is 0 Å². The molecule has 1 heterocycles. The zero-order valence-electron chi connectivity index (χ0n) is 8.53. The molecule has 2 rings (SSSR count). The van der Waals surface area contributed by atoms with Crippen LogP contribution in [0.5, 0.6) is 0 Å². The van der Waals surface area contributed by atoms with Gasteiger partial charge in [0.05, 0.1) is 11.2 Å². The Morgan fingerprint density at radius 3 is 2.64 bits per heavy atom. The number of aromatic nitrogens is 1. The maximum absolute atomic E-state index is 10.3. The molecular weight excluding hydrogens is 194 g/mol. The van der Waals surface area contributed by atoms with E-state index in [1.165, 1.54) is 11.3 Å². The van der Waals surface area contributed by atoms with Crippen molar-refractivity contribution in [2.24, 2.45) is 5.41 Å². The Hall–Kier alpha value is -0.670. The molecule has 0 fully saturated rings. The van der Waals surface area contributed by atoms with Crippen LogP contribution in [0.25, 0.3) is 0 Å². The van der Waals surface area contributed by atoms with Gasteiger partial charge in [0.2, 0.25) is 0 Å². The highest BCUT2D eigenvalue weighted by Gasteiger charge is 2.34. The van der Waals surface area contributed by atoms with Gasteiger partial charge in [0.25, 0.3) is 0 Å². The van der Waals surface area contributed by atoms with Gasteiger partial charge in [-0.15, -0.1) is 11.3 Å². The normalized spacial score (nSPS) is 30.5. The summed E-state index contributed by atoms with van der Waals surface area (Å²) in [7, 11) is 0. The van der Waals surface area contributed by atoms with Crippen molar-refractivity contribution in [2.75, 3.05) is 0 Å². The van der Waals surface area contributed by atoms with Crippen LogP contribution >= 0.6 is 11.3 Å². The molecule has 14 heavy (non-hydrogen) atoms. The van der Waals surface area contributed by atoms with Crippen molar-refractivity contribution < 1.29 is 5.11 Å². The number of hydrogen-bond donors (Lipinski definition) is 1. The number of allylic oxidation sites excluding steroid dienone is 1. The predicted molar refractivity (Wildman–Crippen MR) is 58.2 cm³/mol. The molecule has 1 aliphatic carbocycles. The van der Waals surface area contributed by atoms with Gasteiger partial charge < -0.3 is 5.11 Å². The van der Waals surface area contributed by atoms with Gasteiger partial charge in [0.15, 0.2) is 0 Å². The van der Waals surface area contributed by atoms with Crippen LogP contribution < -0.4 is 0 Å². The summed E-state index contributed by atoms with van der Waals surface area (Å²) in [5, 5.41) is 12.2. The standard InChI is InChI=1S/C11H15NOS/c1-10(2)3-5-11(13,6-4-10)9-7-14-8-12-9/h3,5,7-8,13H,4,6H2,1-2H3. The van der Waals surface area contributed by atoms with Crippen LogP contribution in [0.4, 0.5) is 0 Å². The van der Waals surface area contributed by atoms with Crippen LogP contribution in [-0.4, -0.2) is 10.1 Å². The summed E-state index contributed by atoms with van der Waals surface area (Å²) in [6.07, 6.45) is 5.75. The molecule has 0 aromatic carbocycles. The van der Waals surface area contributed by atoms with E-state index < -0.39 is 5.60 Å². The molecule has 0 amide bonds. The SMILES string of the molecule is CC1(C)C=CC(O)(c2cscn2)CC1. The highest BCUT2D eigenvalue weighted by Crippen LogP contribution is 2.39. The van der Waals surface area contributed by atoms with Crippen molar-refractivity contribution in [3.05, 3.63) is 28.7 Å². The summed E-state index contributed by atoms with van der Waals surface area (Å²) in [5.74, 6) is 0. The lowest BCUT2D eigenvalue weighted by Gasteiger charge is -2.33. The first kappa shape index (κ1) is 9.87. The van der Waals surface area contributed by atoms with Crippen molar-refractivity contribution >= 4 is 11.3 Å². The van der Waals surface area contributed by atoms with E-state index in [0.29, 0.717) is 0 Å². The zero-order valence-corrected chi connectivity index (χ0v) is 9.34. The van der Waals surface area contributed by atoms with Crippen molar-refractivity contribution in [2.45, 2.75) is 32.3 Å². The minimum absolute atomic E-state index is 0.211. The topological polar surface area (TPSA) is 33.1 Å². The van der Waals surface area contributed by atoms with Crippen LogP contribution in [0.2, 0.25) is 0 Å². The van der Waals surface area contributed by atoms with Gasteiger partial charge in [-0.25, -0.2) is 4.98 Å². The Balaban J connectivity index is 2.29. The number of rotatable bonds is 1. The van der Waals surface area contributed by atoms with E-state index >= 15 is 0 Å². The Bertz CT molecular complexity index is 342. The monoisotopic (exact) mass is 209 g/mol. The molecule has 1 aromatic heterocycles. The zero-order chi connectivity index (χ0) is 10.2. The first-order valence-electron chi connectivity index (χ1n) is 4.83. The smallest absolute Gasteiger partial charge is 0.125 e. The molecule has 76 valence electrons. The molecule has 0 saturated carbocycles. The number of thiazole rings is 1. The van der Waals surface area contributed by atoms with E-state index in [1.807, 2.05) is 11.5 Å². The third-order valence-corrected chi connectivity index (χ3v) is 3.42. The first-order valence-corrected chi connectivity index (χ1v) is 5.78. The molecule has 0 bridgehead atoms. The first-order chi connectivity index (χ1) is 6.52. The molecule has 2 nitrogen and oxygen atoms in total. The minimum atomic E-state index is -0.824. The molecule has 0 aliphatic heterocycles. The molecule has 0 spiro atoms. The van der Waals surface area contributed by atoms with Crippen molar-refractivity contribution in [1.29, 1.82) is 0 Å². The molecule has 1 aromatic rings. The number of hydrogen-bond acceptors (Lipinski definition) is 3. The Morgan fingerprint density at radius 1 is 1.36 bits per heavy atom. The fourth-order valence-corrected chi connectivity index (χ4v) is 2.31. The molecule has 1 atom stereocenters. The Kier molecular flexibility index (Phi) is 2.24. The summed E-state index contributed by atoms with van der Waals surface area (Å²) in [6, 6.07) is 0. The second-order valence-corrected chi connectivity index (χ2v) is 5.34. The molecule has 3 heteroatoms. The maximum atomic E-state index is 10.3. The van der Waals surface area contributed by atoms with E-state index in [2.05, 4.69) is 24.9 Å². The summed E-state index contributed by atoms with van der Waals surface area (Å²) in [5.41, 5.74) is 1.94. The van der Waals surface area contributed by atoms with Crippen LogP contribution in [0, 0.1) is 5.41 Å².